The zero-order valence-electron chi connectivity index (χ0n) is 14.2. The van der Waals surface area contributed by atoms with E-state index in [-0.39, 0.29) is 24.8 Å². The molecule has 3 rings (SSSR count). The van der Waals surface area contributed by atoms with E-state index in [1.54, 1.807) is 0 Å². The van der Waals surface area contributed by atoms with Crippen molar-refractivity contribution in [1.82, 2.24) is 9.91 Å². The number of carbonyl (C=O) groups is 3. The molecular formula is C18H21N3O4. The minimum absolute atomic E-state index is 0.114. The fourth-order valence-electron chi connectivity index (χ4n) is 3.07. The number of hydrogen-bond acceptors (Lipinski definition) is 5. The van der Waals surface area contributed by atoms with Gasteiger partial charge in [0.15, 0.2) is 0 Å². The molecule has 1 aromatic carbocycles. The van der Waals surface area contributed by atoms with E-state index in [1.165, 1.54) is 17.0 Å². The van der Waals surface area contributed by atoms with Crippen molar-refractivity contribution in [3.05, 3.63) is 35.9 Å². The van der Waals surface area contributed by atoms with Crippen molar-refractivity contribution in [2.75, 3.05) is 13.6 Å². The molecule has 0 aliphatic carbocycles. The summed E-state index contributed by atoms with van der Waals surface area (Å²) in [5.74, 6) is -0.786. The van der Waals surface area contributed by atoms with Gasteiger partial charge in [-0.05, 0) is 18.4 Å². The molecule has 1 fully saturated rings. The van der Waals surface area contributed by atoms with Crippen LogP contribution in [0.5, 0.6) is 0 Å². The second-order valence-corrected chi connectivity index (χ2v) is 6.21. The number of hydrogen-bond donors (Lipinski definition) is 0. The van der Waals surface area contributed by atoms with Crippen molar-refractivity contribution in [3.63, 3.8) is 0 Å². The summed E-state index contributed by atoms with van der Waals surface area (Å²) in [6.07, 6.45) is 1.91. The molecule has 0 spiro atoms. The van der Waals surface area contributed by atoms with Crippen LogP contribution in [0.25, 0.3) is 0 Å². The van der Waals surface area contributed by atoms with Crippen molar-refractivity contribution in [2.45, 2.75) is 38.3 Å². The number of esters is 1. The van der Waals surface area contributed by atoms with E-state index in [0.717, 1.165) is 12.0 Å². The van der Waals surface area contributed by atoms with Crippen molar-refractivity contribution in [2.24, 2.45) is 5.10 Å². The maximum Gasteiger partial charge on any atom is 0.329 e. The van der Waals surface area contributed by atoms with E-state index >= 15 is 0 Å². The highest BCUT2D eigenvalue weighted by Gasteiger charge is 2.38. The smallest absolute Gasteiger partial charge is 0.329 e. The van der Waals surface area contributed by atoms with Crippen molar-refractivity contribution < 1.29 is 19.1 Å². The number of benzene rings is 1. The summed E-state index contributed by atoms with van der Waals surface area (Å²) in [6.45, 7) is 0.691. The van der Waals surface area contributed by atoms with Crippen LogP contribution >= 0.6 is 0 Å². The molecule has 2 aliphatic rings. The molecule has 1 saturated heterocycles. The molecule has 0 bridgehead atoms. The van der Waals surface area contributed by atoms with Gasteiger partial charge in [0.05, 0.1) is 0 Å². The largest absolute Gasteiger partial charge is 0.459 e. The Hall–Kier alpha value is -2.70. The summed E-state index contributed by atoms with van der Waals surface area (Å²) in [7, 11) is 1.53. The third-order valence-electron chi connectivity index (χ3n) is 4.46. The Morgan fingerprint density at radius 3 is 2.72 bits per heavy atom. The van der Waals surface area contributed by atoms with Crippen LogP contribution in [-0.4, -0.2) is 53.0 Å². The van der Waals surface area contributed by atoms with Gasteiger partial charge in [0.2, 0.25) is 5.91 Å². The van der Waals surface area contributed by atoms with Gasteiger partial charge in [-0.15, -0.1) is 0 Å². The number of likely N-dealkylation sites (tertiary alicyclic amines) is 1. The highest BCUT2D eigenvalue weighted by Crippen LogP contribution is 2.21. The first-order chi connectivity index (χ1) is 12.1. The predicted molar refractivity (Wildman–Crippen MR) is 90.4 cm³/mol. The fraction of sp³-hybridized carbons (Fsp3) is 0.444. The second kappa shape index (κ2) is 7.46. The van der Waals surface area contributed by atoms with Crippen LogP contribution in [0.3, 0.4) is 0 Å². The van der Waals surface area contributed by atoms with Gasteiger partial charge in [-0.3, -0.25) is 9.59 Å². The van der Waals surface area contributed by atoms with Crippen molar-refractivity contribution in [1.29, 1.82) is 0 Å². The quantitative estimate of drug-likeness (QED) is 0.773. The lowest BCUT2D eigenvalue weighted by atomic mass is 10.1. The van der Waals surface area contributed by atoms with Gasteiger partial charge in [-0.2, -0.15) is 5.10 Å². The van der Waals surface area contributed by atoms with Crippen LogP contribution in [-0.2, 0) is 25.7 Å². The molecule has 0 saturated carbocycles. The zero-order valence-corrected chi connectivity index (χ0v) is 14.2. The fourth-order valence-corrected chi connectivity index (χ4v) is 3.07. The molecule has 0 N–H and O–H groups in total. The predicted octanol–water partition coefficient (Wildman–Crippen LogP) is 1.33. The molecule has 7 nitrogen and oxygen atoms in total. The Labute approximate surface area is 146 Å². The Balaban J connectivity index is 1.63. The van der Waals surface area contributed by atoms with E-state index in [4.69, 9.17) is 4.74 Å². The summed E-state index contributed by atoms with van der Waals surface area (Å²) < 4.78 is 5.38. The zero-order chi connectivity index (χ0) is 17.8. The molecule has 2 aliphatic heterocycles. The first kappa shape index (κ1) is 17.1. The number of rotatable bonds is 4. The van der Waals surface area contributed by atoms with Crippen LogP contribution < -0.4 is 0 Å². The van der Waals surface area contributed by atoms with E-state index in [2.05, 4.69) is 5.10 Å². The summed E-state index contributed by atoms with van der Waals surface area (Å²) in [5, 5.41) is 5.24. The van der Waals surface area contributed by atoms with Gasteiger partial charge < -0.3 is 9.64 Å². The molecule has 0 unspecified atom stereocenters. The van der Waals surface area contributed by atoms with Crippen LogP contribution in [0.4, 0.5) is 0 Å². The molecular weight excluding hydrogens is 322 g/mol. The minimum Gasteiger partial charge on any atom is -0.459 e. The maximum absolute atomic E-state index is 12.7. The van der Waals surface area contributed by atoms with Gasteiger partial charge in [0.1, 0.15) is 18.4 Å². The first-order valence-electron chi connectivity index (χ1n) is 8.42. The normalized spacial score (nSPS) is 20.4. The van der Waals surface area contributed by atoms with E-state index in [0.29, 0.717) is 25.1 Å². The van der Waals surface area contributed by atoms with Crippen LogP contribution in [0, 0.1) is 0 Å². The highest BCUT2D eigenvalue weighted by molar-refractivity contribution is 6.39. The molecule has 7 heteroatoms. The molecule has 2 amide bonds. The molecule has 0 radical (unpaired) electrons. The van der Waals surface area contributed by atoms with Crippen LogP contribution in [0.2, 0.25) is 0 Å². The maximum atomic E-state index is 12.7. The summed E-state index contributed by atoms with van der Waals surface area (Å²) in [5.41, 5.74) is 1.23. The molecule has 132 valence electrons. The van der Waals surface area contributed by atoms with Crippen molar-refractivity contribution in [3.8, 4) is 0 Å². The molecule has 0 aromatic heterocycles. The Bertz CT molecular complexity index is 702. The van der Waals surface area contributed by atoms with Crippen LogP contribution in [0.15, 0.2) is 35.4 Å². The van der Waals surface area contributed by atoms with Gasteiger partial charge in [-0.25, -0.2) is 9.80 Å². The Morgan fingerprint density at radius 1 is 1.24 bits per heavy atom. The lowest BCUT2D eigenvalue weighted by molar-refractivity contribution is -0.153. The second-order valence-electron chi connectivity index (χ2n) is 6.21. The molecule has 2 heterocycles. The Morgan fingerprint density at radius 2 is 2.00 bits per heavy atom. The van der Waals surface area contributed by atoms with Gasteiger partial charge in [-0.1, -0.05) is 30.3 Å². The minimum atomic E-state index is -0.582. The topological polar surface area (TPSA) is 79.3 Å². The van der Waals surface area contributed by atoms with E-state index in [1.807, 2.05) is 30.3 Å². The third kappa shape index (κ3) is 3.87. The van der Waals surface area contributed by atoms with E-state index in [9.17, 15) is 14.4 Å². The van der Waals surface area contributed by atoms with Gasteiger partial charge >= 0.3 is 5.97 Å². The molecule has 1 aromatic rings. The number of hydrazone groups is 1. The summed E-state index contributed by atoms with van der Waals surface area (Å²) in [6, 6.07) is 8.85. The van der Waals surface area contributed by atoms with Crippen molar-refractivity contribution >= 4 is 23.5 Å². The van der Waals surface area contributed by atoms with E-state index < -0.39 is 12.0 Å². The summed E-state index contributed by atoms with van der Waals surface area (Å²) in [4.78, 5) is 38.1. The van der Waals surface area contributed by atoms with Gasteiger partial charge in [0, 0.05) is 26.4 Å². The average Bonchev–Trinajstić information content (AvgIpc) is 3.12. The first-order valence-corrected chi connectivity index (χ1v) is 8.42. The standard InChI is InChI=1S/C18H21N3O4/c1-20-16(22)10-9-14(19-20)17(23)21-11-5-8-15(21)18(24)25-12-13-6-3-2-4-7-13/h2-4,6-7,15H,5,8-12H2,1H3/t15-/m0/s1. The monoisotopic (exact) mass is 343 g/mol. The van der Waals surface area contributed by atoms with Gasteiger partial charge in [0.25, 0.3) is 5.91 Å². The lowest BCUT2D eigenvalue weighted by Gasteiger charge is -2.26. The lowest BCUT2D eigenvalue weighted by Crippen LogP contribution is -2.46. The number of nitrogens with zero attached hydrogens (tertiary/aromatic N) is 3. The molecule has 1 atom stereocenters. The molecule has 25 heavy (non-hydrogen) atoms. The van der Waals surface area contributed by atoms with Crippen LogP contribution in [0.1, 0.15) is 31.2 Å². The SMILES string of the molecule is CN1N=C(C(=O)N2CCC[C@H]2C(=O)OCc2ccccc2)CCC1=O. The number of amides is 2. The third-order valence-corrected chi connectivity index (χ3v) is 4.46. The number of ether oxygens (including phenoxy) is 1. The Kier molecular flexibility index (Phi) is 5.11. The highest BCUT2D eigenvalue weighted by atomic mass is 16.5. The number of carbonyl (C=O) groups excluding carboxylic acids is 3. The summed E-state index contributed by atoms with van der Waals surface area (Å²) >= 11 is 0. The average molecular weight is 343 g/mol.